The second-order valence-corrected chi connectivity index (χ2v) is 7.47. The Balaban J connectivity index is 1.27. The zero-order chi connectivity index (χ0) is 18.6. The summed E-state index contributed by atoms with van der Waals surface area (Å²) < 4.78 is 5.46. The summed E-state index contributed by atoms with van der Waals surface area (Å²) in [6.07, 6.45) is 2.29. The zero-order valence-electron chi connectivity index (χ0n) is 15.9. The van der Waals surface area contributed by atoms with Crippen LogP contribution < -0.4 is 0 Å². The van der Waals surface area contributed by atoms with Gasteiger partial charge in [0.15, 0.2) is 0 Å². The van der Waals surface area contributed by atoms with Crippen molar-refractivity contribution in [3.05, 3.63) is 35.7 Å². The largest absolute Gasteiger partial charge is 0.342 e. The van der Waals surface area contributed by atoms with Crippen molar-refractivity contribution in [3.8, 4) is 11.4 Å². The topological polar surface area (TPSA) is 65.7 Å². The molecule has 1 aromatic carbocycles. The second kappa shape index (κ2) is 8.19. The van der Waals surface area contributed by atoms with Gasteiger partial charge in [-0.3, -0.25) is 14.6 Å². The Morgan fingerprint density at radius 2 is 1.74 bits per heavy atom. The van der Waals surface area contributed by atoms with Gasteiger partial charge >= 0.3 is 0 Å². The van der Waals surface area contributed by atoms with Gasteiger partial charge < -0.3 is 9.42 Å². The van der Waals surface area contributed by atoms with Gasteiger partial charge in [0.25, 0.3) is 0 Å². The quantitative estimate of drug-likeness (QED) is 0.801. The van der Waals surface area contributed by atoms with Gasteiger partial charge in [-0.1, -0.05) is 29.4 Å². The van der Waals surface area contributed by atoms with Crippen LogP contribution in [-0.4, -0.2) is 76.6 Å². The number of rotatable bonds is 5. The molecule has 0 saturated carbocycles. The van der Waals surface area contributed by atoms with E-state index in [1.54, 1.807) is 0 Å². The van der Waals surface area contributed by atoms with Crippen LogP contribution >= 0.6 is 0 Å². The Hall–Kier alpha value is -2.25. The van der Waals surface area contributed by atoms with E-state index in [-0.39, 0.29) is 5.91 Å². The first-order valence-electron chi connectivity index (χ1n) is 9.80. The molecule has 2 aliphatic rings. The maximum absolute atomic E-state index is 12.3. The van der Waals surface area contributed by atoms with E-state index in [9.17, 15) is 4.79 Å². The van der Waals surface area contributed by atoms with Gasteiger partial charge in [0.2, 0.25) is 17.6 Å². The molecule has 7 heteroatoms. The van der Waals surface area contributed by atoms with Crippen LogP contribution in [0.15, 0.2) is 28.8 Å². The highest BCUT2D eigenvalue weighted by atomic mass is 16.5. The molecular formula is C20H27N5O2. The smallest absolute Gasteiger partial charge is 0.241 e. The Kier molecular flexibility index (Phi) is 5.50. The summed E-state index contributed by atoms with van der Waals surface area (Å²) in [6, 6.07) is 8.06. The van der Waals surface area contributed by atoms with Gasteiger partial charge in [-0.05, 0) is 25.3 Å². The van der Waals surface area contributed by atoms with Crippen molar-refractivity contribution < 1.29 is 9.32 Å². The first-order chi connectivity index (χ1) is 13.2. The Morgan fingerprint density at radius 1 is 1.04 bits per heavy atom. The van der Waals surface area contributed by atoms with Crippen molar-refractivity contribution in [1.82, 2.24) is 24.8 Å². The number of piperazine rings is 1. The number of benzene rings is 1. The maximum Gasteiger partial charge on any atom is 0.241 e. The van der Waals surface area contributed by atoms with E-state index in [1.807, 2.05) is 36.1 Å². The maximum atomic E-state index is 12.3. The summed E-state index contributed by atoms with van der Waals surface area (Å²) in [4.78, 5) is 23.4. The molecule has 4 rings (SSSR count). The van der Waals surface area contributed by atoms with E-state index in [2.05, 4.69) is 19.9 Å². The molecule has 0 atom stereocenters. The van der Waals surface area contributed by atoms with Gasteiger partial charge in [-0.15, -0.1) is 0 Å². The summed E-state index contributed by atoms with van der Waals surface area (Å²) >= 11 is 0. The fraction of sp³-hybridized carbons (Fsp3) is 0.550. The minimum atomic E-state index is 0.278. The molecule has 144 valence electrons. The predicted molar refractivity (Wildman–Crippen MR) is 102 cm³/mol. The van der Waals surface area contributed by atoms with Crippen molar-refractivity contribution in [2.24, 2.45) is 0 Å². The van der Waals surface area contributed by atoms with Gasteiger partial charge in [-0.2, -0.15) is 4.98 Å². The summed E-state index contributed by atoms with van der Waals surface area (Å²) in [5, 5.41) is 4.14. The summed E-state index contributed by atoms with van der Waals surface area (Å²) in [5.74, 6) is 1.58. The van der Waals surface area contributed by atoms with E-state index >= 15 is 0 Å². The monoisotopic (exact) mass is 369 g/mol. The normalized spacial score (nSPS) is 18.9. The number of amides is 1. The molecule has 7 nitrogen and oxygen atoms in total. The molecule has 2 aliphatic heterocycles. The highest BCUT2D eigenvalue weighted by molar-refractivity contribution is 5.78. The van der Waals surface area contributed by atoms with Crippen LogP contribution in [0.2, 0.25) is 0 Å². The van der Waals surface area contributed by atoms with Gasteiger partial charge in [-0.25, -0.2) is 0 Å². The minimum absolute atomic E-state index is 0.278. The summed E-state index contributed by atoms with van der Waals surface area (Å²) in [6.45, 7) is 8.74. The van der Waals surface area contributed by atoms with E-state index in [4.69, 9.17) is 4.52 Å². The van der Waals surface area contributed by atoms with Crippen molar-refractivity contribution in [1.29, 1.82) is 0 Å². The molecule has 1 aromatic heterocycles. The van der Waals surface area contributed by atoms with E-state index in [0.29, 0.717) is 24.8 Å². The van der Waals surface area contributed by atoms with Crippen LogP contribution in [0.3, 0.4) is 0 Å². The number of likely N-dealkylation sites (tertiary alicyclic amines) is 1. The first-order valence-corrected chi connectivity index (χ1v) is 9.80. The SMILES string of the molecule is Cc1ccccc1-c1noc(CN2CCN(CC(=O)N3CCCC3)CC2)n1. The van der Waals surface area contributed by atoms with Gasteiger partial charge in [0.05, 0.1) is 13.1 Å². The van der Waals surface area contributed by atoms with Crippen LogP contribution in [0.4, 0.5) is 0 Å². The fourth-order valence-electron chi connectivity index (χ4n) is 3.81. The van der Waals surface area contributed by atoms with Crippen molar-refractivity contribution in [2.75, 3.05) is 45.8 Å². The fourth-order valence-corrected chi connectivity index (χ4v) is 3.81. The molecule has 2 aromatic rings. The number of nitrogens with zero attached hydrogens (tertiary/aromatic N) is 5. The average molecular weight is 369 g/mol. The van der Waals surface area contributed by atoms with Crippen LogP contribution in [0.1, 0.15) is 24.3 Å². The number of hydrogen-bond acceptors (Lipinski definition) is 6. The van der Waals surface area contributed by atoms with Crippen molar-refractivity contribution in [3.63, 3.8) is 0 Å². The summed E-state index contributed by atoms with van der Waals surface area (Å²) in [7, 11) is 0. The van der Waals surface area contributed by atoms with Gasteiger partial charge in [0, 0.05) is 44.8 Å². The lowest BCUT2D eigenvalue weighted by Crippen LogP contribution is -2.49. The number of carbonyl (C=O) groups is 1. The Labute approximate surface area is 159 Å². The molecule has 0 spiro atoms. The van der Waals surface area contributed by atoms with E-state index < -0.39 is 0 Å². The number of aryl methyl sites for hydroxylation is 1. The lowest BCUT2D eigenvalue weighted by Gasteiger charge is -2.34. The van der Waals surface area contributed by atoms with E-state index in [1.165, 1.54) is 0 Å². The standard InChI is InChI=1S/C20H27N5O2/c1-16-6-2-3-7-17(16)20-21-18(27-22-20)14-23-10-12-24(13-11-23)15-19(26)25-8-4-5-9-25/h2-3,6-7H,4-5,8-15H2,1H3. The number of carbonyl (C=O) groups excluding carboxylic acids is 1. The first kappa shape index (κ1) is 18.1. The second-order valence-electron chi connectivity index (χ2n) is 7.47. The highest BCUT2D eigenvalue weighted by Crippen LogP contribution is 2.20. The molecule has 3 heterocycles. The number of hydrogen-bond donors (Lipinski definition) is 0. The lowest BCUT2D eigenvalue weighted by atomic mass is 10.1. The van der Waals surface area contributed by atoms with Gasteiger partial charge in [0.1, 0.15) is 0 Å². The van der Waals surface area contributed by atoms with Crippen LogP contribution in [0, 0.1) is 6.92 Å². The molecule has 0 N–H and O–H groups in total. The summed E-state index contributed by atoms with van der Waals surface area (Å²) in [5.41, 5.74) is 2.15. The third-order valence-corrected chi connectivity index (χ3v) is 5.50. The third kappa shape index (κ3) is 4.36. The molecule has 0 bridgehead atoms. The lowest BCUT2D eigenvalue weighted by molar-refractivity contribution is -0.131. The third-order valence-electron chi connectivity index (χ3n) is 5.50. The molecule has 27 heavy (non-hydrogen) atoms. The molecule has 2 saturated heterocycles. The molecule has 0 aliphatic carbocycles. The van der Waals surface area contributed by atoms with Crippen LogP contribution in [-0.2, 0) is 11.3 Å². The average Bonchev–Trinajstić information content (AvgIpc) is 3.36. The van der Waals surface area contributed by atoms with Crippen molar-refractivity contribution >= 4 is 5.91 Å². The number of aromatic nitrogens is 2. The van der Waals surface area contributed by atoms with E-state index in [0.717, 1.165) is 63.2 Å². The molecule has 0 radical (unpaired) electrons. The van der Waals surface area contributed by atoms with Crippen LogP contribution in [0.5, 0.6) is 0 Å². The molecule has 2 fully saturated rings. The Morgan fingerprint density at radius 3 is 2.48 bits per heavy atom. The molecule has 0 unspecified atom stereocenters. The highest BCUT2D eigenvalue weighted by Gasteiger charge is 2.24. The van der Waals surface area contributed by atoms with Crippen LogP contribution in [0.25, 0.3) is 11.4 Å². The Bertz CT molecular complexity index is 776. The molecular weight excluding hydrogens is 342 g/mol. The molecule has 1 amide bonds. The van der Waals surface area contributed by atoms with Crippen molar-refractivity contribution in [2.45, 2.75) is 26.3 Å². The predicted octanol–water partition coefficient (Wildman–Crippen LogP) is 1.79. The minimum Gasteiger partial charge on any atom is -0.342 e. The zero-order valence-corrected chi connectivity index (χ0v) is 15.9.